The molecule has 0 aliphatic rings. The minimum Gasteiger partial charge on any atom is -0.352 e. The largest absolute Gasteiger partial charge is 0.352 e. The number of amides is 3. The van der Waals surface area contributed by atoms with Gasteiger partial charge < -0.3 is 16.0 Å². The number of carbonyl (C=O) groups is 2. The van der Waals surface area contributed by atoms with Crippen LogP contribution in [0.1, 0.15) is 47.9 Å². The van der Waals surface area contributed by atoms with Crippen molar-refractivity contribution in [3.63, 3.8) is 0 Å². The Bertz CT molecular complexity index is 964. The van der Waals surface area contributed by atoms with Crippen molar-refractivity contribution in [2.24, 2.45) is 0 Å². The van der Waals surface area contributed by atoms with E-state index in [1.54, 1.807) is 24.4 Å². The molecule has 146 valence electrons. The van der Waals surface area contributed by atoms with Crippen LogP contribution >= 0.6 is 0 Å². The number of aromatic nitrogens is 3. The van der Waals surface area contributed by atoms with Crippen LogP contribution in [0.4, 0.5) is 10.5 Å². The molecule has 0 saturated carbocycles. The summed E-state index contributed by atoms with van der Waals surface area (Å²) in [6, 6.07) is 6.47. The number of hydrogen-bond donors (Lipinski definition) is 3. The van der Waals surface area contributed by atoms with Gasteiger partial charge in [0.05, 0.1) is 11.7 Å². The predicted molar refractivity (Wildman–Crippen MR) is 107 cm³/mol. The van der Waals surface area contributed by atoms with E-state index in [1.165, 1.54) is 0 Å². The highest BCUT2D eigenvalue weighted by Crippen LogP contribution is 2.20. The highest BCUT2D eigenvalue weighted by atomic mass is 16.2. The fraction of sp³-hybridized carbons (Fsp3) is 0.300. The van der Waals surface area contributed by atoms with E-state index in [0.717, 1.165) is 5.69 Å². The first-order chi connectivity index (χ1) is 13.5. The molecule has 8 nitrogen and oxygen atoms in total. The molecule has 0 saturated heterocycles. The third-order valence-electron chi connectivity index (χ3n) is 4.49. The highest BCUT2D eigenvalue weighted by Gasteiger charge is 2.18. The van der Waals surface area contributed by atoms with Gasteiger partial charge in [-0.15, -0.1) is 0 Å². The Morgan fingerprint density at radius 3 is 2.75 bits per heavy atom. The number of anilines is 1. The van der Waals surface area contributed by atoms with E-state index in [9.17, 15) is 9.59 Å². The Balaban J connectivity index is 1.74. The van der Waals surface area contributed by atoms with Gasteiger partial charge in [0.15, 0.2) is 0 Å². The molecule has 0 spiro atoms. The van der Waals surface area contributed by atoms with Crippen molar-refractivity contribution in [2.75, 3.05) is 11.9 Å². The van der Waals surface area contributed by atoms with E-state index in [4.69, 9.17) is 0 Å². The molecule has 0 bridgehead atoms. The van der Waals surface area contributed by atoms with Crippen molar-refractivity contribution in [1.29, 1.82) is 0 Å². The van der Waals surface area contributed by atoms with Gasteiger partial charge in [-0.1, -0.05) is 13.0 Å². The highest BCUT2D eigenvalue weighted by molar-refractivity contribution is 5.99. The van der Waals surface area contributed by atoms with Crippen LogP contribution in [0.3, 0.4) is 0 Å². The summed E-state index contributed by atoms with van der Waals surface area (Å²) in [5, 5.41) is 8.55. The molecule has 8 heteroatoms. The normalized spacial score (nSPS) is 11.8. The monoisotopic (exact) mass is 380 g/mol. The van der Waals surface area contributed by atoms with Gasteiger partial charge in [-0.3, -0.25) is 9.20 Å². The molecule has 0 unspecified atom stereocenters. The van der Waals surface area contributed by atoms with Gasteiger partial charge in [0.2, 0.25) is 5.78 Å². The molecule has 2 aromatic heterocycles. The molecular weight excluding hydrogens is 356 g/mol. The van der Waals surface area contributed by atoms with Crippen molar-refractivity contribution < 1.29 is 9.59 Å². The lowest BCUT2D eigenvalue weighted by molar-refractivity contribution is 0.0955. The van der Waals surface area contributed by atoms with Gasteiger partial charge in [0.1, 0.15) is 0 Å². The summed E-state index contributed by atoms with van der Waals surface area (Å²) in [7, 11) is 0. The van der Waals surface area contributed by atoms with Crippen LogP contribution in [0.2, 0.25) is 0 Å². The van der Waals surface area contributed by atoms with Crippen molar-refractivity contribution in [3.05, 3.63) is 59.7 Å². The Morgan fingerprint density at radius 2 is 2.04 bits per heavy atom. The maximum Gasteiger partial charge on any atom is 0.319 e. The van der Waals surface area contributed by atoms with Gasteiger partial charge in [-0.05, 0) is 44.0 Å². The Morgan fingerprint density at radius 1 is 1.21 bits per heavy atom. The summed E-state index contributed by atoms with van der Waals surface area (Å²) in [5.74, 6) is 0.427. The number of rotatable bonds is 6. The van der Waals surface area contributed by atoms with Gasteiger partial charge in [-0.2, -0.15) is 0 Å². The van der Waals surface area contributed by atoms with E-state index in [-0.39, 0.29) is 18.0 Å². The number of benzene rings is 1. The number of nitrogens with one attached hydrogen (secondary N) is 3. The molecule has 3 aromatic rings. The zero-order chi connectivity index (χ0) is 20.1. The number of carbonyl (C=O) groups excluding carboxylic acids is 2. The fourth-order valence-corrected chi connectivity index (χ4v) is 2.99. The summed E-state index contributed by atoms with van der Waals surface area (Å²) in [4.78, 5) is 33.4. The smallest absolute Gasteiger partial charge is 0.319 e. The van der Waals surface area contributed by atoms with Crippen LogP contribution in [0.25, 0.3) is 5.78 Å². The van der Waals surface area contributed by atoms with Crippen molar-refractivity contribution >= 4 is 23.4 Å². The topological polar surface area (TPSA) is 100 Å². The van der Waals surface area contributed by atoms with Gasteiger partial charge >= 0.3 is 6.03 Å². The van der Waals surface area contributed by atoms with Crippen LogP contribution in [0, 0.1) is 6.92 Å². The summed E-state index contributed by atoms with van der Waals surface area (Å²) in [5.41, 5.74) is 2.59. The van der Waals surface area contributed by atoms with Gasteiger partial charge in [0, 0.05) is 36.4 Å². The second kappa shape index (κ2) is 8.51. The number of urea groups is 1. The number of nitrogens with zero attached hydrogens (tertiary/aromatic N) is 3. The molecule has 0 aliphatic heterocycles. The van der Waals surface area contributed by atoms with E-state index in [1.807, 2.05) is 43.6 Å². The zero-order valence-corrected chi connectivity index (χ0v) is 16.2. The average molecular weight is 380 g/mol. The van der Waals surface area contributed by atoms with Crippen molar-refractivity contribution in [3.8, 4) is 0 Å². The standard InChI is InChI=1S/C20H24N6O2/c1-4-15(17-12-26-11-7-10-22-19(26)23-17)24-20(28)25-16-9-6-8-14(13(16)3)18(27)21-5-2/h6-12,15H,4-5H2,1-3H3,(H,21,27)(H2,24,25,28)/t15-/m1/s1. The molecule has 3 amide bonds. The maximum absolute atomic E-state index is 12.6. The minimum atomic E-state index is -0.354. The average Bonchev–Trinajstić information content (AvgIpc) is 3.12. The van der Waals surface area contributed by atoms with Crippen LogP contribution in [0.5, 0.6) is 0 Å². The second-order valence-corrected chi connectivity index (χ2v) is 6.39. The molecule has 1 atom stereocenters. The molecule has 1 aromatic carbocycles. The lowest BCUT2D eigenvalue weighted by atomic mass is 10.1. The molecule has 3 N–H and O–H groups in total. The summed E-state index contributed by atoms with van der Waals surface area (Å²) in [6.45, 7) is 6.19. The van der Waals surface area contributed by atoms with E-state index < -0.39 is 0 Å². The summed E-state index contributed by atoms with van der Waals surface area (Å²) in [6.07, 6.45) is 6.08. The van der Waals surface area contributed by atoms with E-state index >= 15 is 0 Å². The fourth-order valence-electron chi connectivity index (χ4n) is 2.99. The third-order valence-corrected chi connectivity index (χ3v) is 4.49. The Labute approximate surface area is 163 Å². The molecule has 0 aliphatic carbocycles. The van der Waals surface area contributed by atoms with Gasteiger partial charge in [0.25, 0.3) is 5.91 Å². The molecule has 28 heavy (non-hydrogen) atoms. The molecular formula is C20H24N6O2. The van der Waals surface area contributed by atoms with Crippen molar-refractivity contribution in [2.45, 2.75) is 33.2 Å². The van der Waals surface area contributed by atoms with E-state index in [2.05, 4.69) is 25.9 Å². The first-order valence-corrected chi connectivity index (χ1v) is 9.28. The SMILES string of the molecule is CCNC(=O)c1cccc(NC(=O)N[C@H](CC)c2cn3cccnc3n2)c1C. The van der Waals surface area contributed by atoms with Crippen LogP contribution in [-0.4, -0.2) is 32.9 Å². The minimum absolute atomic E-state index is 0.160. The van der Waals surface area contributed by atoms with Crippen LogP contribution < -0.4 is 16.0 Å². The molecule has 2 heterocycles. The number of fused-ring (bicyclic) bond motifs is 1. The lowest BCUT2D eigenvalue weighted by Gasteiger charge is -2.17. The van der Waals surface area contributed by atoms with Crippen LogP contribution in [0.15, 0.2) is 42.9 Å². The van der Waals surface area contributed by atoms with Crippen molar-refractivity contribution in [1.82, 2.24) is 25.0 Å². The third kappa shape index (κ3) is 4.11. The molecule has 0 radical (unpaired) electrons. The van der Waals surface area contributed by atoms with E-state index in [0.29, 0.717) is 35.6 Å². The zero-order valence-electron chi connectivity index (χ0n) is 16.2. The quantitative estimate of drug-likeness (QED) is 0.612. The lowest BCUT2D eigenvalue weighted by Crippen LogP contribution is -2.33. The van der Waals surface area contributed by atoms with Crippen LogP contribution in [-0.2, 0) is 0 Å². The number of hydrogen-bond acceptors (Lipinski definition) is 4. The predicted octanol–water partition coefficient (Wildman–Crippen LogP) is 3.06. The Kier molecular flexibility index (Phi) is 5.88. The summed E-state index contributed by atoms with van der Waals surface area (Å²) < 4.78 is 1.82. The second-order valence-electron chi connectivity index (χ2n) is 6.39. The van der Waals surface area contributed by atoms with Gasteiger partial charge in [-0.25, -0.2) is 14.8 Å². The first-order valence-electron chi connectivity index (χ1n) is 9.28. The maximum atomic E-state index is 12.6. The summed E-state index contributed by atoms with van der Waals surface area (Å²) >= 11 is 0. The Hall–Kier alpha value is -3.42. The number of imidazole rings is 1. The molecule has 3 rings (SSSR count). The first kappa shape index (κ1) is 19.3. The molecule has 0 fully saturated rings.